The third-order valence-corrected chi connectivity index (χ3v) is 5.01. The van der Waals surface area contributed by atoms with Crippen molar-refractivity contribution in [3.63, 3.8) is 0 Å². The second kappa shape index (κ2) is 5.60. The van der Waals surface area contributed by atoms with Gasteiger partial charge in [-0.2, -0.15) is 5.10 Å². The van der Waals surface area contributed by atoms with Gasteiger partial charge >= 0.3 is 0 Å². The molecule has 0 aromatic carbocycles. The fourth-order valence-electron chi connectivity index (χ4n) is 2.35. The predicted octanol–water partition coefficient (Wildman–Crippen LogP) is 1.29. The van der Waals surface area contributed by atoms with Crippen LogP contribution in [-0.2, 0) is 28.3 Å². The number of carbonyl (C=O) groups excluding carboxylic acids is 1. The molecular formula is C14H19N3O4S. The number of carbonyl (C=O) groups is 1. The molecule has 0 fully saturated rings. The van der Waals surface area contributed by atoms with Crippen LogP contribution in [0.4, 0.5) is 0 Å². The summed E-state index contributed by atoms with van der Waals surface area (Å²) in [5.41, 5.74) is 2.28. The van der Waals surface area contributed by atoms with Crippen LogP contribution in [0.3, 0.4) is 0 Å². The summed E-state index contributed by atoms with van der Waals surface area (Å²) in [7, 11) is -2.15. The number of rotatable bonds is 4. The molecule has 0 aliphatic carbocycles. The number of hydrogen-bond acceptors (Lipinski definition) is 5. The van der Waals surface area contributed by atoms with Gasteiger partial charge in [0.2, 0.25) is 5.91 Å². The van der Waals surface area contributed by atoms with E-state index in [9.17, 15) is 13.2 Å². The molecule has 0 atom stereocenters. The number of sulfonamides is 1. The van der Waals surface area contributed by atoms with Crippen LogP contribution in [0, 0.1) is 27.7 Å². The average molecular weight is 325 g/mol. The zero-order valence-corrected chi connectivity index (χ0v) is 14.0. The van der Waals surface area contributed by atoms with E-state index >= 15 is 0 Å². The summed E-state index contributed by atoms with van der Waals surface area (Å²) in [6, 6.07) is 1.39. The predicted molar refractivity (Wildman–Crippen MR) is 79.9 cm³/mol. The van der Waals surface area contributed by atoms with Crippen LogP contribution in [-0.4, -0.2) is 24.1 Å². The lowest BCUT2D eigenvalue weighted by atomic mass is 10.1. The van der Waals surface area contributed by atoms with Gasteiger partial charge in [0, 0.05) is 24.4 Å². The zero-order valence-electron chi connectivity index (χ0n) is 13.2. The monoisotopic (exact) mass is 325 g/mol. The Kier molecular flexibility index (Phi) is 4.15. The van der Waals surface area contributed by atoms with Crippen LogP contribution in [0.15, 0.2) is 15.4 Å². The summed E-state index contributed by atoms with van der Waals surface area (Å²) in [6.07, 6.45) is -0.0411. The molecule has 8 heteroatoms. The fraction of sp³-hybridized carbons (Fsp3) is 0.429. The SMILES string of the molecule is Cc1cc(S(=O)(=O)NC(=O)Cc2c(C)nn(C)c2C)c(C)o1. The largest absolute Gasteiger partial charge is 0.465 e. The molecule has 2 aromatic rings. The van der Waals surface area contributed by atoms with E-state index in [-0.39, 0.29) is 17.1 Å². The third kappa shape index (κ3) is 3.06. The molecule has 0 spiro atoms. The molecule has 120 valence electrons. The first-order chi connectivity index (χ1) is 10.1. The van der Waals surface area contributed by atoms with Gasteiger partial charge in [-0.05, 0) is 27.7 Å². The van der Waals surface area contributed by atoms with E-state index < -0.39 is 15.9 Å². The minimum absolute atomic E-state index is 0.0158. The quantitative estimate of drug-likeness (QED) is 0.914. The van der Waals surface area contributed by atoms with Gasteiger partial charge in [0.1, 0.15) is 16.4 Å². The summed E-state index contributed by atoms with van der Waals surface area (Å²) in [6.45, 7) is 6.81. The summed E-state index contributed by atoms with van der Waals surface area (Å²) in [5.74, 6) is 0.133. The third-order valence-electron chi connectivity index (χ3n) is 3.53. The van der Waals surface area contributed by atoms with Crippen molar-refractivity contribution in [1.82, 2.24) is 14.5 Å². The number of aryl methyl sites for hydroxylation is 4. The first-order valence-electron chi connectivity index (χ1n) is 6.73. The first-order valence-corrected chi connectivity index (χ1v) is 8.22. The van der Waals surface area contributed by atoms with E-state index in [1.54, 1.807) is 32.5 Å². The van der Waals surface area contributed by atoms with Gasteiger partial charge in [0.15, 0.2) is 0 Å². The molecule has 22 heavy (non-hydrogen) atoms. The van der Waals surface area contributed by atoms with Crippen molar-refractivity contribution < 1.29 is 17.6 Å². The second-order valence-corrected chi connectivity index (χ2v) is 6.91. The van der Waals surface area contributed by atoms with Gasteiger partial charge < -0.3 is 4.42 Å². The molecule has 0 aliphatic heterocycles. The van der Waals surface area contributed by atoms with E-state index in [0.29, 0.717) is 11.5 Å². The van der Waals surface area contributed by atoms with Crippen LogP contribution in [0.2, 0.25) is 0 Å². The topological polar surface area (TPSA) is 94.2 Å². The van der Waals surface area contributed by atoms with Crippen LogP contribution < -0.4 is 4.72 Å². The molecule has 2 aromatic heterocycles. The number of amides is 1. The number of furan rings is 1. The maximum atomic E-state index is 12.2. The van der Waals surface area contributed by atoms with Crippen molar-refractivity contribution in [2.24, 2.45) is 7.05 Å². The van der Waals surface area contributed by atoms with E-state index in [2.05, 4.69) is 9.82 Å². The summed E-state index contributed by atoms with van der Waals surface area (Å²) in [4.78, 5) is 12.1. The molecule has 0 saturated carbocycles. The lowest BCUT2D eigenvalue weighted by molar-refractivity contribution is -0.118. The first kappa shape index (κ1) is 16.3. The van der Waals surface area contributed by atoms with Crippen LogP contribution >= 0.6 is 0 Å². The number of aromatic nitrogens is 2. The maximum absolute atomic E-state index is 12.2. The van der Waals surface area contributed by atoms with Gasteiger partial charge in [-0.15, -0.1) is 0 Å². The normalized spacial score (nSPS) is 11.7. The molecule has 0 saturated heterocycles. The van der Waals surface area contributed by atoms with Crippen molar-refractivity contribution in [3.05, 3.63) is 34.5 Å². The minimum Gasteiger partial charge on any atom is -0.465 e. The highest BCUT2D eigenvalue weighted by Crippen LogP contribution is 2.19. The summed E-state index contributed by atoms with van der Waals surface area (Å²) >= 11 is 0. The van der Waals surface area contributed by atoms with Gasteiger partial charge in [-0.3, -0.25) is 9.48 Å². The molecule has 2 heterocycles. The molecule has 0 bridgehead atoms. The molecular weight excluding hydrogens is 306 g/mol. The summed E-state index contributed by atoms with van der Waals surface area (Å²) in [5, 5.41) is 4.21. The van der Waals surface area contributed by atoms with E-state index in [1.807, 2.05) is 6.92 Å². The van der Waals surface area contributed by atoms with Gasteiger partial charge in [-0.1, -0.05) is 0 Å². The number of nitrogens with zero attached hydrogens (tertiary/aromatic N) is 2. The Morgan fingerprint density at radius 1 is 1.32 bits per heavy atom. The summed E-state index contributed by atoms with van der Waals surface area (Å²) < 4.78 is 33.4. The highest BCUT2D eigenvalue weighted by atomic mass is 32.2. The van der Waals surface area contributed by atoms with Crippen molar-refractivity contribution >= 4 is 15.9 Å². The van der Waals surface area contributed by atoms with Crippen LogP contribution in [0.5, 0.6) is 0 Å². The Labute approximate surface area is 129 Å². The Hall–Kier alpha value is -2.09. The molecule has 0 unspecified atom stereocenters. The van der Waals surface area contributed by atoms with E-state index in [1.165, 1.54) is 6.07 Å². The average Bonchev–Trinajstić information content (AvgIpc) is 2.84. The zero-order chi connectivity index (χ0) is 16.7. The van der Waals surface area contributed by atoms with Crippen molar-refractivity contribution in [2.75, 3.05) is 0 Å². The van der Waals surface area contributed by atoms with Gasteiger partial charge in [0.05, 0.1) is 12.1 Å². The Morgan fingerprint density at radius 2 is 1.95 bits per heavy atom. The minimum atomic E-state index is -3.93. The Morgan fingerprint density at radius 3 is 2.41 bits per heavy atom. The second-order valence-electron chi connectivity index (χ2n) is 5.26. The smallest absolute Gasteiger partial charge is 0.267 e. The molecule has 7 nitrogen and oxygen atoms in total. The Balaban J connectivity index is 2.20. The van der Waals surface area contributed by atoms with Crippen molar-refractivity contribution in [2.45, 2.75) is 39.0 Å². The number of hydrogen-bond donors (Lipinski definition) is 1. The molecule has 1 N–H and O–H groups in total. The standard InChI is InChI=1S/C14H19N3O4S/c1-8-6-13(11(4)21-8)22(19,20)16-14(18)7-12-9(2)15-17(5)10(12)3/h6H,7H2,1-5H3,(H,16,18). The highest BCUT2D eigenvalue weighted by Gasteiger charge is 2.24. The molecule has 2 rings (SSSR count). The van der Waals surface area contributed by atoms with Gasteiger partial charge in [-0.25, -0.2) is 13.1 Å². The van der Waals surface area contributed by atoms with E-state index in [4.69, 9.17) is 4.42 Å². The van der Waals surface area contributed by atoms with Crippen LogP contribution in [0.1, 0.15) is 28.5 Å². The lowest BCUT2D eigenvalue weighted by Crippen LogP contribution is -2.32. The van der Waals surface area contributed by atoms with E-state index in [0.717, 1.165) is 11.3 Å². The Bertz CT molecular complexity index is 831. The molecule has 0 aliphatic rings. The molecule has 0 radical (unpaired) electrons. The van der Waals surface area contributed by atoms with Crippen molar-refractivity contribution in [3.8, 4) is 0 Å². The highest BCUT2D eigenvalue weighted by molar-refractivity contribution is 7.90. The maximum Gasteiger partial charge on any atom is 0.267 e. The molecule has 1 amide bonds. The lowest BCUT2D eigenvalue weighted by Gasteiger charge is -2.06. The van der Waals surface area contributed by atoms with Crippen LogP contribution in [0.25, 0.3) is 0 Å². The number of nitrogens with one attached hydrogen (secondary N) is 1. The fourth-order valence-corrected chi connectivity index (χ4v) is 3.57. The van der Waals surface area contributed by atoms with Crippen molar-refractivity contribution in [1.29, 1.82) is 0 Å². The van der Waals surface area contributed by atoms with Gasteiger partial charge in [0.25, 0.3) is 10.0 Å².